The van der Waals surface area contributed by atoms with Crippen molar-refractivity contribution in [3.8, 4) is 11.5 Å². The molecule has 5 nitrogen and oxygen atoms in total. The average Bonchev–Trinajstić information content (AvgIpc) is 2.59. The number of hydrogen-bond acceptors (Lipinski definition) is 4. The topological polar surface area (TPSA) is 60.2 Å². The lowest BCUT2D eigenvalue weighted by atomic mass is 10.2. The van der Waals surface area contributed by atoms with Crippen LogP contribution in [-0.4, -0.2) is 19.9 Å². The summed E-state index contributed by atoms with van der Waals surface area (Å²) in [7, 11) is 1.80. The van der Waals surface area contributed by atoms with Crippen LogP contribution in [0.25, 0.3) is 0 Å². The Morgan fingerprint density at radius 2 is 2.19 bits per heavy atom. The van der Waals surface area contributed by atoms with Gasteiger partial charge in [0.25, 0.3) is 0 Å². The van der Waals surface area contributed by atoms with E-state index in [-0.39, 0.29) is 5.75 Å². The van der Waals surface area contributed by atoms with E-state index in [1.165, 1.54) is 6.33 Å². The maximum Gasteiger partial charge on any atom is 0.164 e. The van der Waals surface area contributed by atoms with Crippen molar-refractivity contribution in [2.24, 2.45) is 7.05 Å². The summed E-state index contributed by atoms with van der Waals surface area (Å²) >= 11 is 0. The van der Waals surface area contributed by atoms with Gasteiger partial charge in [-0.05, 0) is 24.6 Å². The van der Waals surface area contributed by atoms with Crippen molar-refractivity contribution in [3.05, 3.63) is 35.9 Å². The highest BCUT2D eigenvalue weighted by Crippen LogP contribution is 2.21. The van der Waals surface area contributed by atoms with E-state index in [1.807, 2.05) is 13.0 Å². The van der Waals surface area contributed by atoms with Crippen molar-refractivity contribution in [1.29, 1.82) is 0 Å². The molecule has 0 saturated carbocycles. The van der Waals surface area contributed by atoms with Crippen LogP contribution in [0.3, 0.4) is 0 Å². The second-order valence-corrected chi connectivity index (χ2v) is 3.59. The van der Waals surface area contributed by atoms with E-state index in [0.29, 0.717) is 12.4 Å². The van der Waals surface area contributed by atoms with E-state index in [4.69, 9.17) is 4.74 Å². The maximum atomic E-state index is 9.39. The van der Waals surface area contributed by atoms with Crippen LogP contribution in [0.4, 0.5) is 0 Å². The minimum atomic E-state index is 0.202. The molecule has 0 atom stereocenters. The monoisotopic (exact) mass is 219 g/mol. The first-order valence-electron chi connectivity index (χ1n) is 4.91. The van der Waals surface area contributed by atoms with Crippen LogP contribution < -0.4 is 4.74 Å². The minimum absolute atomic E-state index is 0.202. The van der Waals surface area contributed by atoms with E-state index >= 15 is 0 Å². The van der Waals surface area contributed by atoms with Gasteiger partial charge in [0.1, 0.15) is 24.4 Å². The quantitative estimate of drug-likeness (QED) is 0.847. The largest absolute Gasteiger partial charge is 0.508 e. The number of phenolic OH excluding ortho intramolecular Hbond substituents is 1. The molecular weight excluding hydrogens is 206 g/mol. The third-order valence-corrected chi connectivity index (χ3v) is 2.21. The summed E-state index contributed by atoms with van der Waals surface area (Å²) < 4.78 is 7.16. The van der Waals surface area contributed by atoms with Gasteiger partial charge < -0.3 is 9.84 Å². The fourth-order valence-electron chi connectivity index (χ4n) is 1.41. The lowest BCUT2D eigenvalue weighted by Crippen LogP contribution is -2.04. The fourth-order valence-corrected chi connectivity index (χ4v) is 1.41. The van der Waals surface area contributed by atoms with Crippen LogP contribution >= 0.6 is 0 Å². The van der Waals surface area contributed by atoms with Gasteiger partial charge in [-0.2, -0.15) is 5.10 Å². The summed E-state index contributed by atoms with van der Waals surface area (Å²) in [5.74, 6) is 1.56. The molecule has 1 aromatic heterocycles. The molecule has 5 heteroatoms. The smallest absolute Gasteiger partial charge is 0.164 e. The second-order valence-electron chi connectivity index (χ2n) is 3.59. The Morgan fingerprint density at radius 3 is 2.81 bits per heavy atom. The Kier molecular flexibility index (Phi) is 2.76. The van der Waals surface area contributed by atoms with Crippen molar-refractivity contribution in [2.75, 3.05) is 0 Å². The van der Waals surface area contributed by atoms with Gasteiger partial charge in [0.2, 0.25) is 0 Å². The molecule has 84 valence electrons. The van der Waals surface area contributed by atoms with Gasteiger partial charge in [-0.1, -0.05) is 0 Å². The number of phenols is 1. The summed E-state index contributed by atoms with van der Waals surface area (Å²) in [6, 6.07) is 5.11. The predicted octanol–water partition coefficient (Wildman–Crippen LogP) is 1.41. The minimum Gasteiger partial charge on any atom is -0.508 e. The third kappa shape index (κ3) is 2.31. The van der Waals surface area contributed by atoms with Crippen LogP contribution in [0.15, 0.2) is 24.5 Å². The Bertz CT molecular complexity index is 473. The molecule has 0 aliphatic heterocycles. The molecule has 1 N–H and O–H groups in total. The first-order valence-corrected chi connectivity index (χ1v) is 4.91. The van der Waals surface area contributed by atoms with Gasteiger partial charge in [-0.25, -0.2) is 4.98 Å². The molecule has 0 bridgehead atoms. The van der Waals surface area contributed by atoms with E-state index < -0.39 is 0 Å². The number of aromatic nitrogens is 3. The van der Waals surface area contributed by atoms with Crippen LogP contribution in [0.5, 0.6) is 11.5 Å². The van der Waals surface area contributed by atoms with Crippen LogP contribution in [0, 0.1) is 6.92 Å². The number of rotatable bonds is 3. The van der Waals surface area contributed by atoms with E-state index in [1.54, 1.807) is 23.9 Å². The highest BCUT2D eigenvalue weighted by Gasteiger charge is 2.03. The molecule has 16 heavy (non-hydrogen) atoms. The van der Waals surface area contributed by atoms with Crippen molar-refractivity contribution in [2.45, 2.75) is 13.5 Å². The van der Waals surface area contributed by atoms with Gasteiger partial charge in [-0.15, -0.1) is 0 Å². The van der Waals surface area contributed by atoms with E-state index in [9.17, 15) is 5.11 Å². The number of aryl methyl sites for hydroxylation is 2. The molecular formula is C11H13N3O2. The molecule has 0 saturated heterocycles. The van der Waals surface area contributed by atoms with Gasteiger partial charge in [0.15, 0.2) is 5.82 Å². The number of nitrogens with zero attached hydrogens (tertiary/aromatic N) is 3. The van der Waals surface area contributed by atoms with Crippen molar-refractivity contribution in [1.82, 2.24) is 14.8 Å². The maximum absolute atomic E-state index is 9.39. The molecule has 0 aliphatic rings. The van der Waals surface area contributed by atoms with Gasteiger partial charge >= 0.3 is 0 Å². The first kappa shape index (κ1) is 10.5. The highest BCUT2D eigenvalue weighted by molar-refractivity contribution is 5.36. The number of aromatic hydroxyl groups is 1. The van der Waals surface area contributed by atoms with Crippen molar-refractivity contribution in [3.63, 3.8) is 0 Å². The Hall–Kier alpha value is -2.04. The van der Waals surface area contributed by atoms with Crippen molar-refractivity contribution >= 4 is 0 Å². The zero-order chi connectivity index (χ0) is 11.5. The lowest BCUT2D eigenvalue weighted by Gasteiger charge is -2.06. The normalized spacial score (nSPS) is 10.4. The molecule has 2 rings (SSSR count). The summed E-state index contributed by atoms with van der Waals surface area (Å²) in [6.07, 6.45) is 1.48. The number of ether oxygens (including phenoxy) is 1. The van der Waals surface area contributed by atoms with Crippen molar-refractivity contribution < 1.29 is 9.84 Å². The summed E-state index contributed by atoms with van der Waals surface area (Å²) in [6.45, 7) is 2.23. The highest BCUT2D eigenvalue weighted by atomic mass is 16.5. The number of hydrogen-bond donors (Lipinski definition) is 1. The standard InChI is InChI=1S/C11H13N3O2/c1-8-3-9(15)5-10(4-8)16-6-11-12-7-13-14(11)2/h3-5,7,15H,6H2,1-2H3. The SMILES string of the molecule is Cc1cc(O)cc(OCc2ncnn2C)c1. The van der Waals surface area contributed by atoms with Crippen LogP contribution in [0.1, 0.15) is 11.4 Å². The average molecular weight is 219 g/mol. The van der Waals surface area contributed by atoms with Crippen LogP contribution in [-0.2, 0) is 13.7 Å². The molecule has 0 amide bonds. The molecule has 1 aromatic carbocycles. The Balaban J connectivity index is 2.07. The Labute approximate surface area is 93.3 Å². The molecule has 1 heterocycles. The molecule has 0 fully saturated rings. The van der Waals surface area contributed by atoms with E-state index in [2.05, 4.69) is 10.1 Å². The van der Waals surface area contributed by atoms with Gasteiger partial charge in [0.05, 0.1) is 0 Å². The van der Waals surface area contributed by atoms with Gasteiger partial charge in [0, 0.05) is 13.1 Å². The summed E-state index contributed by atoms with van der Waals surface area (Å²) in [5.41, 5.74) is 0.952. The predicted molar refractivity (Wildman–Crippen MR) is 58.2 cm³/mol. The summed E-state index contributed by atoms with van der Waals surface area (Å²) in [5, 5.41) is 13.3. The fraction of sp³-hybridized carbons (Fsp3) is 0.273. The zero-order valence-corrected chi connectivity index (χ0v) is 9.21. The third-order valence-electron chi connectivity index (χ3n) is 2.21. The molecule has 0 unspecified atom stereocenters. The first-order chi connectivity index (χ1) is 7.65. The molecule has 2 aromatic rings. The number of benzene rings is 1. The summed E-state index contributed by atoms with van der Waals surface area (Å²) in [4.78, 5) is 4.04. The second kappa shape index (κ2) is 4.22. The molecule has 0 radical (unpaired) electrons. The Morgan fingerprint density at radius 1 is 1.38 bits per heavy atom. The van der Waals surface area contributed by atoms with Crippen LogP contribution in [0.2, 0.25) is 0 Å². The lowest BCUT2D eigenvalue weighted by molar-refractivity contribution is 0.288. The molecule has 0 spiro atoms. The zero-order valence-electron chi connectivity index (χ0n) is 9.21. The van der Waals surface area contributed by atoms with Gasteiger partial charge in [-0.3, -0.25) is 4.68 Å². The molecule has 0 aliphatic carbocycles. The van der Waals surface area contributed by atoms with E-state index in [0.717, 1.165) is 11.4 Å².